The molecule has 2 aromatic heterocycles. The molecule has 1 aliphatic heterocycles. The first-order valence-corrected chi connectivity index (χ1v) is 23.6. The molecule has 16 nitrogen and oxygen atoms in total. The molecule has 0 radical (unpaired) electrons. The number of likely N-dealkylation sites (tertiary alicyclic amines) is 1. The largest absolute Gasteiger partial charge is 0.497 e. The van der Waals surface area contributed by atoms with E-state index in [0.717, 1.165) is 30.8 Å². The maximum atomic E-state index is 14.8. The highest BCUT2D eigenvalue weighted by Crippen LogP contribution is 2.69. The van der Waals surface area contributed by atoms with E-state index in [4.69, 9.17) is 24.2 Å². The van der Waals surface area contributed by atoms with Gasteiger partial charge in [0.15, 0.2) is 5.13 Å². The number of hydrogen-bond acceptors (Lipinski definition) is 12. The predicted molar refractivity (Wildman–Crippen MR) is 235 cm³/mol. The van der Waals surface area contributed by atoms with Crippen LogP contribution in [0, 0.1) is 11.3 Å². The lowest BCUT2D eigenvalue weighted by Gasteiger charge is -2.35. The number of thiazole rings is 1. The minimum Gasteiger partial charge on any atom is -0.497 e. The Balaban J connectivity index is 1.31. The summed E-state index contributed by atoms with van der Waals surface area (Å²) in [6.45, 7) is 13.5. The lowest BCUT2D eigenvalue weighted by atomic mass is 9.85. The fraction of sp³-hybridized carbons (Fsp3) is 0.581. The van der Waals surface area contributed by atoms with Gasteiger partial charge in [0.25, 0.3) is 0 Å². The topological polar surface area (TPSA) is 202 Å². The summed E-state index contributed by atoms with van der Waals surface area (Å²) in [5.74, 6) is -0.973. The van der Waals surface area contributed by atoms with E-state index in [1.54, 1.807) is 12.0 Å². The maximum absolute atomic E-state index is 14.8. The summed E-state index contributed by atoms with van der Waals surface area (Å²) in [7, 11) is 0.295. The molecule has 4 N–H and O–H groups in total. The van der Waals surface area contributed by atoms with Crippen molar-refractivity contribution >= 4 is 58.6 Å². The Morgan fingerprint density at radius 1 is 1.11 bits per heavy atom. The van der Waals surface area contributed by atoms with Crippen LogP contribution in [0.2, 0.25) is 0 Å². The number of nitrogens with zero attached hydrogens (tertiary/aromatic N) is 4. The number of pyridine rings is 1. The zero-order valence-corrected chi connectivity index (χ0v) is 38.1. The van der Waals surface area contributed by atoms with E-state index >= 15 is 0 Å². The monoisotopic (exact) mass is 881 g/mol. The van der Waals surface area contributed by atoms with Crippen molar-refractivity contribution in [2.45, 2.75) is 115 Å². The van der Waals surface area contributed by atoms with E-state index in [1.165, 1.54) is 36.4 Å². The smallest absolute Gasteiger partial charge is 0.408 e. The van der Waals surface area contributed by atoms with Crippen LogP contribution in [0.1, 0.15) is 79.6 Å². The quantitative estimate of drug-likeness (QED) is 0.0915. The van der Waals surface area contributed by atoms with E-state index < -0.39 is 72.1 Å². The zero-order chi connectivity index (χ0) is 44.4. The average Bonchev–Trinajstić information content (AvgIpc) is 3.55. The van der Waals surface area contributed by atoms with Gasteiger partial charge in [-0.15, -0.1) is 17.9 Å². The van der Waals surface area contributed by atoms with Gasteiger partial charge in [0, 0.05) is 67.8 Å². The Morgan fingerprint density at radius 2 is 1.84 bits per heavy atom. The van der Waals surface area contributed by atoms with E-state index in [-0.39, 0.29) is 38.0 Å². The summed E-state index contributed by atoms with van der Waals surface area (Å²) in [5, 5.41) is 10.8. The number of carbonyl (C=O) groups is 4. The van der Waals surface area contributed by atoms with Gasteiger partial charge < -0.3 is 44.9 Å². The van der Waals surface area contributed by atoms with Crippen LogP contribution in [0.3, 0.4) is 0 Å². The molecule has 1 aromatic carbocycles. The van der Waals surface area contributed by atoms with Crippen molar-refractivity contribution in [1.82, 2.24) is 30.4 Å². The molecule has 3 unspecified atom stereocenters. The molecule has 2 aliphatic carbocycles. The molecule has 6 rings (SSSR count). The fourth-order valence-electron chi connectivity index (χ4n) is 8.12. The molecule has 332 valence electrons. The average molecular weight is 882 g/mol. The van der Waals surface area contributed by atoms with E-state index in [1.807, 2.05) is 64.3 Å². The van der Waals surface area contributed by atoms with Crippen molar-refractivity contribution in [3.8, 4) is 22.9 Å². The first-order chi connectivity index (χ1) is 28.7. The molecular formula is C43H60N7O9PS. The Hall–Kier alpha value is -4.73. The molecule has 1 saturated heterocycles. The number of rotatable bonds is 16. The molecule has 6 atom stereocenters. The van der Waals surface area contributed by atoms with Crippen molar-refractivity contribution in [3.63, 3.8) is 0 Å². The minimum absolute atomic E-state index is 0.0629. The molecule has 3 fully saturated rings. The van der Waals surface area contributed by atoms with Crippen molar-refractivity contribution in [3.05, 3.63) is 42.3 Å². The van der Waals surface area contributed by atoms with Crippen LogP contribution >= 0.6 is 18.7 Å². The van der Waals surface area contributed by atoms with Crippen LogP contribution in [-0.4, -0.2) is 118 Å². The van der Waals surface area contributed by atoms with Crippen LogP contribution in [0.4, 0.5) is 9.93 Å². The van der Waals surface area contributed by atoms with Gasteiger partial charge in [-0.1, -0.05) is 26.8 Å². The van der Waals surface area contributed by atoms with Crippen LogP contribution < -0.4 is 25.4 Å². The second kappa shape index (κ2) is 18.3. The van der Waals surface area contributed by atoms with E-state index in [0.29, 0.717) is 33.8 Å². The van der Waals surface area contributed by atoms with Crippen LogP contribution in [0.5, 0.6) is 11.5 Å². The van der Waals surface area contributed by atoms with Gasteiger partial charge in [0.05, 0.1) is 24.9 Å². The summed E-state index contributed by atoms with van der Waals surface area (Å²) >= 11 is 1.46. The van der Waals surface area contributed by atoms with Crippen LogP contribution in [-0.2, 0) is 23.7 Å². The highest BCUT2D eigenvalue weighted by molar-refractivity contribution is 7.61. The number of anilines is 1. The summed E-state index contributed by atoms with van der Waals surface area (Å²) < 4.78 is 31.8. The highest BCUT2D eigenvalue weighted by atomic mass is 32.1. The summed E-state index contributed by atoms with van der Waals surface area (Å²) in [5.41, 5.74) is 1.05. The standard InChI is InChI=1S/C43H60N7O9PS/c1-10-26-21-43(26,60(55,56)23-37(52)49(7)8)48-36(51)18-27-17-30(22-50(27)39(53)38(42(4,5)6)47-41(54)59-28-13-11-12-14-28)58-35-20-33(34-24-61-40(46-34)44-25(2)3)45-32-19-29(57-9)15-16-31(32)35/h10,15-16,19-20,24-28,30,38H,1,11-14,17-18,21-23H2,2-9H3,(H,44,46)(H,47,54)(H,48,51)(H,55,56)/t26-,27?,30-,38?,43+/m1/s1. The van der Waals surface area contributed by atoms with Gasteiger partial charge in [-0.3, -0.25) is 18.9 Å². The number of benzene rings is 1. The molecule has 18 heteroatoms. The number of aromatic nitrogens is 2. The third-order valence-corrected chi connectivity index (χ3v) is 14.9. The molecule has 3 aliphatic rings. The third kappa shape index (κ3) is 10.5. The molecule has 0 bridgehead atoms. The Morgan fingerprint density at radius 3 is 2.46 bits per heavy atom. The van der Waals surface area contributed by atoms with Gasteiger partial charge in [-0.25, -0.2) is 14.8 Å². The molecule has 3 aromatic rings. The van der Waals surface area contributed by atoms with Crippen LogP contribution in [0.15, 0.2) is 42.3 Å². The third-order valence-electron chi connectivity index (χ3n) is 11.6. The second-order valence-electron chi connectivity index (χ2n) is 18.0. The van der Waals surface area contributed by atoms with Crippen molar-refractivity contribution in [2.75, 3.05) is 39.2 Å². The Kier molecular flexibility index (Phi) is 13.7. The van der Waals surface area contributed by atoms with Gasteiger partial charge in [-0.2, -0.15) is 0 Å². The number of carbonyl (C=O) groups excluding carboxylic acids is 4. The van der Waals surface area contributed by atoms with Crippen molar-refractivity contribution < 1.29 is 42.8 Å². The number of fused-ring (bicyclic) bond motifs is 1. The first kappa shape index (κ1) is 45.8. The number of alkyl carbamates (subject to hydrolysis) is 1. The maximum Gasteiger partial charge on any atom is 0.408 e. The number of methoxy groups -OCH3 is 1. The first-order valence-electron chi connectivity index (χ1n) is 20.8. The number of ether oxygens (including phenoxy) is 3. The summed E-state index contributed by atoms with van der Waals surface area (Å²) in [6.07, 6.45) is 2.91. The SMILES string of the molecule is C=C[C@@H]1C[C@]1(NC(=O)CC1C[C@@H](Oc2cc(-c3csc(NC(C)C)n3)nc3cc(OC)ccc23)CN1C(=O)C(NC(=O)OC1CCCC1)C(C)(C)C)P(=O)(O)CC(=O)N(C)C. The van der Waals surface area contributed by atoms with Crippen molar-refractivity contribution in [1.29, 1.82) is 0 Å². The normalized spacial score (nSPS) is 22.9. The summed E-state index contributed by atoms with van der Waals surface area (Å²) in [6, 6.07) is 5.69. The molecule has 2 saturated carbocycles. The molecule has 3 heterocycles. The van der Waals surface area contributed by atoms with Gasteiger partial charge in [0.2, 0.25) is 25.1 Å². The van der Waals surface area contributed by atoms with E-state index in [2.05, 4.69) is 22.5 Å². The zero-order valence-electron chi connectivity index (χ0n) is 36.4. The number of nitrogens with one attached hydrogen (secondary N) is 3. The van der Waals surface area contributed by atoms with Gasteiger partial charge >= 0.3 is 6.09 Å². The number of amides is 4. The fourth-order valence-corrected chi connectivity index (χ4v) is 11.3. The molecular weight excluding hydrogens is 822 g/mol. The minimum atomic E-state index is -4.27. The lowest BCUT2D eigenvalue weighted by Crippen LogP contribution is -2.56. The highest BCUT2D eigenvalue weighted by Gasteiger charge is 2.65. The Labute approximate surface area is 361 Å². The van der Waals surface area contributed by atoms with Crippen molar-refractivity contribution in [2.24, 2.45) is 11.3 Å². The molecule has 61 heavy (non-hydrogen) atoms. The second-order valence-corrected chi connectivity index (χ2v) is 21.3. The Bertz CT molecular complexity index is 2190. The van der Waals surface area contributed by atoms with E-state index in [9.17, 15) is 28.6 Å². The molecule has 0 spiro atoms. The number of hydrogen-bond donors (Lipinski definition) is 4. The predicted octanol–water partition coefficient (Wildman–Crippen LogP) is 6.39. The van der Waals surface area contributed by atoms with Gasteiger partial charge in [-0.05, 0) is 63.5 Å². The molecule has 4 amide bonds. The summed E-state index contributed by atoms with van der Waals surface area (Å²) in [4.78, 5) is 78.5. The van der Waals surface area contributed by atoms with Crippen LogP contribution in [0.25, 0.3) is 22.3 Å². The lowest BCUT2D eigenvalue weighted by molar-refractivity contribution is -0.138. The van der Waals surface area contributed by atoms with Gasteiger partial charge in [0.1, 0.15) is 46.9 Å².